The van der Waals surface area contributed by atoms with Gasteiger partial charge in [0.15, 0.2) is 0 Å². The first kappa shape index (κ1) is 36.5. The lowest BCUT2D eigenvalue weighted by molar-refractivity contribution is -0.130. The van der Waals surface area contributed by atoms with Crippen molar-refractivity contribution in [1.82, 2.24) is 31.1 Å². The number of rotatable bonds is 11. The van der Waals surface area contributed by atoms with Crippen molar-refractivity contribution in [1.29, 1.82) is 0 Å². The summed E-state index contributed by atoms with van der Waals surface area (Å²) in [4.78, 5) is 56.7. The second kappa shape index (κ2) is 16.0. The SMILES string of the molecule is Cc1nc(C(=O)NC2CCC2)ccc1-c1ccc(C[C@H](NC(=O)[C@H]2CC[C@H](CNC(=O)OC(C)(C)C)CC2)C(=O)Nc2ccc3cn[nH]c3c2)cc1. The van der Waals surface area contributed by atoms with Crippen LogP contribution < -0.4 is 21.3 Å². The average Bonchev–Trinajstić information content (AvgIpc) is 3.56. The van der Waals surface area contributed by atoms with Crippen LogP contribution in [0.5, 0.6) is 0 Å². The van der Waals surface area contributed by atoms with Crippen molar-refractivity contribution >= 4 is 40.4 Å². The summed E-state index contributed by atoms with van der Waals surface area (Å²) in [5.74, 6) is -0.587. The molecule has 4 aromatic rings. The van der Waals surface area contributed by atoms with Gasteiger partial charge in [0.25, 0.3) is 5.91 Å². The monoisotopic (exact) mass is 707 g/mol. The zero-order chi connectivity index (χ0) is 36.8. The molecule has 0 saturated heterocycles. The fourth-order valence-corrected chi connectivity index (χ4v) is 6.77. The number of nitrogens with one attached hydrogen (secondary N) is 5. The molecule has 2 aromatic carbocycles. The minimum atomic E-state index is -0.820. The van der Waals surface area contributed by atoms with Crippen molar-refractivity contribution in [2.45, 2.75) is 96.7 Å². The molecule has 2 aliphatic rings. The minimum Gasteiger partial charge on any atom is -0.444 e. The van der Waals surface area contributed by atoms with Crippen LogP contribution >= 0.6 is 0 Å². The van der Waals surface area contributed by atoms with Crippen molar-refractivity contribution < 1.29 is 23.9 Å². The zero-order valence-corrected chi connectivity index (χ0v) is 30.4. The molecule has 52 heavy (non-hydrogen) atoms. The number of nitrogens with zero attached hydrogens (tertiary/aromatic N) is 2. The predicted molar refractivity (Wildman–Crippen MR) is 200 cm³/mol. The van der Waals surface area contributed by atoms with E-state index in [1.807, 2.05) is 76.2 Å². The first-order chi connectivity index (χ1) is 24.9. The highest BCUT2D eigenvalue weighted by Gasteiger charge is 2.30. The molecule has 0 spiro atoms. The summed E-state index contributed by atoms with van der Waals surface area (Å²) < 4.78 is 5.35. The van der Waals surface area contributed by atoms with Crippen LogP contribution in [0.1, 0.15) is 87.5 Å². The van der Waals surface area contributed by atoms with Crippen molar-refractivity contribution in [2.75, 3.05) is 11.9 Å². The molecule has 274 valence electrons. The Morgan fingerprint density at radius 2 is 1.69 bits per heavy atom. The van der Waals surface area contributed by atoms with Crippen LogP contribution in [-0.2, 0) is 20.7 Å². The number of amides is 4. The number of anilines is 1. The Labute approximate surface area is 304 Å². The van der Waals surface area contributed by atoms with Crippen LogP contribution in [0, 0.1) is 18.8 Å². The van der Waals surface area contributed by atoms with Crippen LogP contribution in [0.3, 0.4) is 0 Å². The number of H-pyrrole nitrogens is 1. The van der Waals surface area contributed by atoms with Gasteiger partial charge in [0, 0.05) is 47.3 Å². The van der Waals surface area contributed by atoms with Gasteiger partial charge in [0.2, 0.25) is 11.8 Å². The Hall–Kier alpha value is -5.26. The third-order valence-electron chi connectivity index (χ3n) is 9.96. The fourth-order valence-electron chi connectivity index (χ4n) is 6.77. The molecule has 5 N–H and O–H groups in total. The number of fused-ring (bicyclic) bond motifs is 1. The van der Waals surface area contributed by atoms with Gasteiger partial charge in [0.1, 0.15) is 17.3 Å². The minimum absolute atomic E-state index is 0.145. The molecule has 2 saturated carbocycles. The maximum atomic E-state index is 13.8. The summed E-state index contributed by atoms with van der Waals surface area (Å²) in [5, 5.41) is 19.9. The molecule has 4 amide bonds. The Morgan fingerprint density at radius 3 is 2.37 bits per heavy atom. The maximum Gasteiger partial charge on any atom is 0.407 e. The second-order valence-electron chi connectivity index (χ2n) is 15.2. The Morgan fingerprint density at radius 1 is 0.942 bits per heavy atom. The molecule has 0 radical (unpaired) electrons. The molecule has 2 aromatic heterocycles. The fraction of sp³-hybridized carbons (Fsp3) is 0.450. The number of benzene rings is 2. The third kappa shape index (κ3) is 9.54. The molecule has 6 rings (SSSR count). The normalized spacial score (nSPS) is 18.2. The molecule has 0 unspecified atom stereocenters. The number of aromatic amines is 1. The van der Waals surface area contributed by atoms with Gasteiger partial charge in [-0.3, -0.25) is 19.5 Å². The number of aryl methyl sites for hydroxylation is 1. The number of carbonyl (C=O) groups is 4. The second-order valence-corrected chi connectivity index (χ2v) is 15.2. The van der Waals surface area contributed by atoms with Gasteiger partial charge in [-0.15, -0.1) is 0 Å². The lowest BCUT2D eigenvalue weighted by Crippen LogP contribution is -2.48. The van der Waals surface area contributed by atoms with Gasteiger partial charge in [0.05, 0.1) is 11.7 Å². The van der Waals surface area contributed by atoms with E-state index in [0.717, 1.165) is 65.4 Å². The highest BCUT2D eigenvalue weighted by Crippen LogP contribution is 2.29. The van der Waals surface area contributed by atoms with Gasteiger partial charge in [-0.2, -0.15) is 5.10 Å². The lowest BCUT2D eigenvalue weighted by atomic mass is 9.81. The van der Waals surface area contributed by atoms with Crippen LogP contribution in [0.4, 0.5) is 10.5 Å². The van der Waals surface area contributed by atoms with Gasteiger partial charge < -0.3 is 26.0 Å². The van der Waals surface area contributed by atoms with E-state index in [2.05, 4.69) is 36.4 Å². The smallest absolute Gasteiger partial charge is 0.407 e. The van der Waals surface area contributed by atoms with E-state index in [1.54, 1.807) is 12.3 Å². The van der Waals surface area contributed by atoms with E-state index in [0.29, 0.717) is 30.8 Å². The number of ether oxygens (including phenoxy) is 1. The van der Waals surface area contributed by atoms with E-state index in [9.17, 15) is 19.2 Å². The Bertz CT molecular complexity index is 1900. The van der Waals surface area contributed by atoms with Gasteiger partial charge >= 0.3 is 6.09 Å². The Kier molecular flexibility index (Phi) is 11.2. The summed E-state index contributed by atoms with van der Waals surface area (Å²) >= 11 is 0. The Balaban J connectivity index is 1.10. The molecular weight excluding hydrogens is 658 g/mol. The average molecular weight is 708 g/mol. The first-order valence-electron chi connectivity index (χ1n) is 18.3. The van der Waals surface area contributed by atoms with E-state index in [4.69, 9.17) is 4.74 Å². The topological polar surface area (TPSA) is 167 Å². The summed E-state index contributed by atoms with van der Waals surface area (Å²) in [6, 6.07) is 16.5. The van der Waals surface area contributed by atoms with Crippen molar-refractivity contribution in [3.63, 3.8) is 0 Å². The molecule has 0 bridgehead atoms. The van der Waals surface area contributed by atoms with Crippen molar-refractivity contribution in [2.24, 2.45) is 11.8 Å². The van der Waals surface area contributed by atoms with E-state index in [-0.39, 0.29) is 42.0 Å². The molecule has 1 atom stereocenters. The summed E-state index contributed by atoms with van der Waals surface area (Å²) in [6.07, 6.45) is 7.65. The van der Waals surface area contributed by atoms with Gasteiger partial charge in [-0.05, 0) is 114 Å². The lowest BCUT2D eigenvalue weighted by Gasteiger charge is -2.29. The summed E-state index contributed by atoms with van der Waals surface area (Å²) in [5.41, 5.74) is 4.73. The molecular formula is C40H49N7O5. The highest BCUT2D eigenvalue weighted by molar-refractivity contribution is 5.99. The molecule has 0 aliphatic heterocycles. The van der Waals surface area contributed by atoms with Crippen LogP contribution in [0.2, 0.25) is 0 Å². The molecule has 2 aliphatic carbocycles. The van der Waals surface area contributed by atoms with Crippen molar-refractivity contribution in [3.8, 4) is 11.1 Å². The summed E-state index contributed by atoms with van der Waals surface area (Å²) in [7, 11) is 0. The number of carbonyl (C=O) groups excluding carboxylic acids is 4. The number of hydrogen-bond acceptors (Lipinski definition) is 7. The van der Waals surface area contributed by atoms with Gasteiger partial charge in [-0.1, -0.05) is 30.3 Å². The van der Waals surface area contributed by atoms with Crippen molar-refractivity contribution in [3.05, 3.63) is 77.7 Å². The van der Waals surface area contributed by atoms with Crippen LogP contribution in [0.25, 0.3) is 22.0 Å². The van der Waals surface area contributed by atoms with E-state index >= 15 is 0 Å². The predicted octanol–water partition coefficient (Wildman–Crippen LogP) is 6.21. The number of aromatic nitrogens is 3. The van der Waals surface area contributed by atoms with Gasteiger partial charge in [-0.25, -0.2) is 9.78 Å². The third-order valence-corrected chi connectivity index (χ3v) is 9.96. The molecule has 2 fully saturated rings. The van der Waals surface area contributed by atoms with Crippen LogP contribution in [-0.4, -0.2) is 63.2 Å². The number of pyridine rings is 1. The first-order valence-corrected chi connectivity index (χ1v) is 18.3. The number of hydrogen-bond donors (Lipinski definition) is 5. The highest BCUT2D eigenvalue weighted by atomic mass is 16.6. The zero-order valence-electron chi connectivity index (χ0n) is 30.4. The molecule has 12 heteroatoms. The standard InChI is InChI=1S/C40H49N7O5/c1-24-32(18-19-33(43-24)37(49)44-30-6-5-7-30)27-12-8-25(9-13-27)20-35(38(50)45-31-17-16-29-23-42-47-34(29)21-31)46-36(48)28-14-10-26(11-15-28)22-41-39(51)52-40(2,3)4/h8-9,12-13,16-19,21,23,26,28,30,35H,5-7,10-11,14-15,20,22H2,1-4H3,(H,41,51)(H,42,47)(H,44,49)(H,45,50)(H,46,48)/t26-,28-,35-/m0/s1. The number of alkyl carbamates (subject to hydrolysis) is 1. The largest absolute Gasteiger partial charge is 0.444 e. The van der Waals surface area contributed by atoms with E-state index < -0.39 is 17.7 Å². The summed E-state index contributed by atoms with van der Waals surface area (Å²) in [6.45, 7) is 7.88. The van der Waals surface area contributed by atoms with Crippen LogP contribution in [0.15, 0.2) is 60.8 Å². The molecule has 12 nitrogen and oxygen atoms in total. The quantitative estimate of drug-likeness (QED) is 0.124. The molecule has 2 heterocycles. The maximum absolute atomic E-state index is 13.8. The van der Waals surface area contributed by atoms with E-state index in [1.165, 1.54) is 0 Å².